The molecule has 0 spiro atoms. The Morgan fingerprint density at radius 1 is 1.20 bits per heavy atom. The molecule has 2 N–H and O–H groups in total. The molecule has 0 radical (unpaired) electrons. The fourth-order valence-electron chi connectivity index (χ4n) is 3.52. The summed E-state index contributed by atoms with van der Waals surface area (Å²) in [7, 11) is 0. The van der Waals surface area contributed by atoms with Crippen LogP contribution in [-0.4, -0.2) is 64.6 Å². The van der Waals surface area contributed by atoms with Crippen molar-refractivity contribution < 1.29 is 9.53 Å². The number of para-hydroxylation sites is 1. The summed E-state index contributed by atoms with van der Waals surface area (Å²) >= 11 is 0. The van der Waals surface area contributed by atoms with Crippen LogP contribution in [0.15, 0.2) is 24.3 Å². The Labute approximate surface area is 146 Å². The molecule has 25 heavy (non-hydrogen) atoms. The topological polar surface area (TPSA) is 84.6 Å². The first-order valence-electron chi connectivity index (χ1n) is 8.84. The smallest absolute Gasteiger partial charge is 0.251 e. The third-order valence-electron chi connectivity index (χ3n) is 4.93. The quantitative estimate of drug-likeness (QED) is 0.898. The van der Waals surface area contributed by atoms with Gasteiger partial charge in [-0.1, -0.05) is 12.1 Å². The van der Waals surface area contributed by atoms with Gasteiger partial charge in [0.15, 0.2) is 0 Å². The van der Waals surface area contributed by atoms with E-state index in [1.54, 1.807) is 0 Å². The number of amides is 1. The summed E-state index contributed by atoms with van der Waals surface area (Å²) in [5, 5.41) is 0.887. The van der Waals surface area contributed by atoms with Crippen LogP contribution in [0.3, 0.4) is 0 Å². The maximum Gasteiger partial charge on any atom is 0.251 e. The molecule has 1 aromatic heterocycles. The zero-order chi connectivity index (χ0) is 17.2. The van der Waals surface area contributed by atoms with Crippen molar-refractivity contribution in [3.63, 3.8) is 0 Å². The molecule has 1 aromatic carbocycles. The predicted molar refractivity (Wildman–Crippen MR) is 94.8 cm³/mol. The molecule has 2 aliphatic heterocycles. The molecule has 2 aromatic rings. The number of aromatic nitrogens is 2. The first kappa shape index (κ1) is 16.2. The largest absolute Gasteiger partial charge is 0.383 e. The summed E-state index contributed by atoms with van der Waals surface area (Å²) in [5.41, 5.74) is 6.93. The van der Waals surface area contributed by atoms with Gasteiger partial charge < -0.3 is 15.4 Å². The van der Waals surface area contributed by atoms with E-state index in [1.165, 1.54) is 0 Å². The minimum absolute atomic E-state index is 0.142. The molecule has 1 unspecified atom stereocenters. The number of hydrogen-bond acceptors (Lipinski definition) is 6. The summed E-state index contributed by atoms with van der Waals surface area (Å²) in [4.78, 5) is 25.6. The summed E-state index contributed by atoms with van der Waals surface area (Å²) in [6.45, 7) is 4.43. The van der Waals surface area contributed by atoms with Gasteiger partial charge in [0.25, 0.3) is 5.91 Å². The molecule has 0 bridgehead atoms. The van der Waals surface area contributed by atoms with Crippen molar-refractivity contribution in [3.8, 4) is 0 Å². The Hall–Kier alpha value is -2.25. The van der Waals surface area contributed by atoms with Crippen LogP contribution in [0.4, 0.5) is 5.82 Å². The molecule has 4 rings (SSSR count). The highest BCUT2D eigenvalue weighted by molar-refractivity contribution is 5.87. The number of nitrogen functional groups attached to an aromatic ring is 1. The number of anilines is 1. The van der Waals surface area contributed by atoms with Crippen LogP contribution in [0, 0.1) is 0 Å². The zero-order valence-corrected chi connectivity index (χ0v) is 14.2. The SMILES string of the molecule is Nc1nc(CN2CCN(C(=O)C3CCCO3)CC2)nc2ccccc12. The van der Waals surface area contributed by atoms with Crippen molar-refractivity contribution in [2.45, 2.75) is 25.5 Å². The molecule has 2 saturated heterocycles. The van der Waals surface area contributed by atoms with Crippen LogP contribution in [0.1, 0.15) is 18.7 Å². The highest BCUT2D eigenvalue weighted by atomic mass is 16.5. The van der Waals surface area contributed by atoms with Crippen molar-refractivity contribution in [1.29, 1.82) is 0 Å². The van der Waals surface area contributed by atoms with Crippen molar-refractivity contribution >= 4 is 22.6 Å². The van der Waals surface area contributed by atoms with E-state index in [2.05, 4.69) is 14.9 Å². The Morgan fingerprint density at radius 3 is 2.76 bits per heavy atom. The van der Waals surface area contributed by atoms with Crippen LogP contribution in [0.2, 0.25) is 0 Å². The maximum atomic E-state index is 12.4. The van der Waals surface area contributed by atoms with Gasteiger partial charge in [-0.05, 0) is 25.0 Å². The maximum absolute atomic E-state index is 12.4. The van der Waals surface area contributed by atoms with Gasteiger partial charge >= 0.3 is 0 Å². The monoisotopic (exact) mass is 341 g/mol. The van der Waals surface area contributed by atoms with Gasteiger partial charge in [-0.3, -0.25) is 9.69 Å². The van der Waals surface area contributed by atoms with Crippen molar-refractivity contribution in [3.05, 3.63) is 30.1 Å². The summed E-state index contributed by atoms with van der Waals surface area (Å²) in [5.74, 6) is 1.39. The van der Waals surface area contributed by atoms with E-state index >= 15 is 0 Å². The molecule has 2 aliphatic rings. The minimum Gasteiger partial charge on any atom is -0.383 e. The van der Waals surface area contributed by atoms with Crippen LogP contribution in [-0.2, 0) is 16.1 Å². The molecule has 7 heteroatoms. The summed E-state index contributed by atoms with van der Waals surface area (Å²) in [6, 6.07) is 7.78. The molecule has 7 nitrogen and oxygen atoms in total. The van der Waals surface area contributed by atoms with Gasteiger partial charge in [0.1, 0.15) is 17.7 Å². The second-order valence-corrected chi connectivity index (χ2v) is 6.65. The highest BCUT2D eigenvalue weighted by Crippen LogP contribution is 2.19. The van der Waals surface area contributed by atoms with Crippen molar-refractivity contribution in [2.24, 2.45) is 0 Å². The standard InChI is InChI=1S/C18H23N5O2/c19-17-13-4-1-2-5-14(13)20-16(21-17)12-22-7-9-23(10-8-22)18(24)15-6-3-11-25-15/h1-2,4-5,15H,3,6-12H2,(H2,19,20,21). The number of nitrogens with zero attached hydrogens (tertiary/aromatic N) is 4. The lowest BCUT2D eigenvalue weighted by Crippen LogP contribution is -2.51. The number of hydrogen-bond donors (Lipinski definition) is 1. The lowest BCUT2D eigenvalue weighted by atomic mass is 10.2. The number of piperazine rings is 1. The average molecular weight is 341 g/mol. The average Bonchev–Trinajstić information content (AvgIpc) is 3.16. The van der Waals surface area contributed by atoms with Crippen LogP contribution in [0.5, 0.6) is 0 Å². The molecular formula is C18H23N5O2. The van der Waals surface area contributed by atoms with Crippen molar-refractivity contribution in [2.75, 3.05) is 38.5 Å². The number of ether oxygens (including phenoxy) is 1. The van der Waals surface area contributed by atoms with E-state index in [0.717, 1.165) is 55.7 Å². The fourth-order valence-corrected chi connectivity index (χ4v) is 3.52. The third-order valence-corrected chi connectivity index (χ3v) is 4.93. The van der Waals surface area contributed by atoms with Gasteiger partial charge in [0.2, 0.25) is 0 Å². The second-order valence-electron chi connectivity index (χ2n) is 6.65. The molecule has 0 aliphatic carbocycles. The fraction of sp³-hybridized carbons (Fsp3) is 0.500. The molecule has 2 fully saturated rings. The zero-order valence-electron chi connectivity index (χ0n) is 14.2. The van der Waals surface area contributed by atoms with E-state index < -0.39 is 0 Å². The van der Waals surface area contributed by atoms with Crippen LogP contribution < -0.4 is 5.73 Å². The Kier molecular flexibility index (Phi) is 4.50. The lowest BCUT2D eigenvalue weighted by Gasteiger charge is -2.35. The minimum atomic E-state index is -0.227. The molecule has 132 valence electrons. The Balaban J connectivity index is 1.38. The molecular weight excluding hydrogens is 318 g/mol. The number of rotatable bonds is 3. The predicted octanol–water partition coefficient (Wildman–Crippen LogP) is 1.04. The normalized spacial score (nSPS) is 21.8. The molecule has 1 amide bonds. The van der Waals surface area contributed by atoms with Gasteiger partial charge in [0.05, 0.1) is 12.1 Å². The first-order chi connectivity index (χ1) is 12.2. The van der Waals surface area contributed by atoms with E-state index in [4.69, 9.17) is 10.5 Å². The Bertz CT molecular complexity index is 767. The van der Waals surface area contributed by atoms with E-state index in [-0.39, 0.29) is 12.0 Å². The number of benzene rings is 1. The van der Waals surface area contributed by atoms with Crippen LogP contribution >= 0.6 is 0 Å². The summed E-state index contributed by atoms with van der Waals surface area (Å²) < 4.78 is 5.51. The second kappa shape index (κ2) is 6.93. The number of nitrogens with two attached hydrogens (primary N) is 1. The summed E-state index contributed by atoms with van der Waals surface area (Å²) in [6.07, 6.45) is 1.61. The number of fused-ring (bicyclic) bond motifs is 1. The Morgan fingerprint density at radius 2 is 2.00 bits per heavy atom. The van der Waals surface area contributed by atoms with Gasteiger partial charge in [-0.2, -0.15) is 0 Å². The molecule has 1 atom stereocenters. The van der Waals surface area contributed by atoms with Gasteiger partial charge in [0, 0.05) is 38.2 Å². The number of carbonyl (C=O) groups excluding carboxylic acids is 1. The first-order valence-corrected chi connectivity index (χ1v) is 8.84. The highest BCUT2D eigenvalue weighted by Gasteiger charge is 2.30. The molecule has 3 heterocycles. The number of carbonyl (C=O) groups is 1. The van der Waals surface area contributed by atoms with Crippen LogP contribution in [0.25, 0.3) is 10.9 Å². The van der Waals surface area contributed by atoms with Gasteiger partial charge in [-0.25, -0.2) is 9.97 Å². The lowest BCUT2D eigenvalue weighted by molar-refractivity contribution is -0.142. The van der Waals surface area contributed by atoms with E-state index in [9.17, 15) is 4.79 Å². The van der Waals surface area contributed by atoms with E-state index in [0.29, 0.717) is 19.0 Å². The van der Waals surface area contributed by atoms with E-state index in [1.807, 2.05) is 29.2 Å². The van der Waals surface area contributed by atoms with Gasteiger partial charge in [-0.15, -0.1) is 0 Å². The third kappa shape index (κ3) is 3.43. The molecule has 0 saturated carbocycles. The van der Waals surface area contributed by atoms with Crippen molar-refractivity contribution in [1.82, 2.24) is 19.8 Å².